The Morgan fingerprint density at radius 3 is 2.89 bits per heavy atom. The second kappa shape index (κ2) is 10.1. The van der Waals surface area contributed by atoms with Gasteiger partial charge < -0.3 is 20.1 Å². The first-order chi connectivity index (χ1) is 18.1. The average Bonchev–Trinajstić information content (AvgIpc) is 3.61. The maximum atomic E-state index is 6.37. The van der Waals surface area contributed by atoms with Gasteiger partial charge in [-0.1, -0.05) is 0 Å². The van der Waals surface area contributed by atoms with Gasteiger partial charge in [0.15, 0.2) is 5.82 Å². The molecule has 4 heterocycles. The number of ether oxygens (including phenoxy) is 2. The van der Waals surface area contributed by atoms with Crippen molar-refractivity contribution in [1.29, 1.82) is 0 Å². The lowest BCUT2D eigenvalue weighted by atomic mass is 10.0. The fraction of sp³-hybridized carbons (Fsp3) is 0.280. The summed E-state index contributed by atoms with van der Waals surface area (Å²) >= 11 is 1.67. The molecule has 0 bridgehead atoms. The van der Waals surface area contributed by atoms with Crippen molar-refractivity contribution in [3.63, 3.8) is 0 Å². The first kappa shape index (κ1) is 23.3. The molecule has 1 fully saturated rings. The van der Waals surface area contributed by atoms with Gasteiger partial charge in [0, 0.05) is 53.5 Å². The molecule has 37 heavy (non-hydrogen) atoms. The van der Waals surface area contributed by atoms with E-state index in [1.165, 1.54) is 0 Å². The lowest BCUT2D eigenvalue weighted by molar-refractivity contribution is 0.140. The van der Waals surface area contributed by atoms with Crippen LogP contribution >= 0.6 is 11.3 Å². The Balaban J connectivity index is 1.22. The quantitative estimate of drug-likeness (QED) is 0.329. The van der Waals surface area contributed by atoms with Gasteiger partial charge in [-0.2, -0.15) is 4.68 Å². The highest BCUT2D eigenvalue weighted by Crippen LogP contribution is 2.30. The number of benzene rings is 2. The van der Waals surface area contributed by atoms with Crippen molar-refractivity contribution in [2.45, 2.75) is 31.9 Å². The largest absolute Gasteiger partial charge is 0.497 e. The Kier molecular flexibility index (Phi) is 6.33. The van der Waals surface area contributed by atoms with E-state index in [9.17, 15) is 0 Å². The van der Waals surface area contributed by atoms with E-state index in [4.69, 9.17) is 14.5 Å². The van der Waals surface area contributed by atoms with Crippen LogP contribution in [0.1, 0.15) is 29.7 Å². The monoisotopic (exact) mass is 515 g/mol. The van der Waals surface area contributed by atoms with Gasteiger partial charge in [0.05, 0.1) is 24.4 Å². The molecule has 2 N–H and O–H groups in total. The molecule has 5 aromatic rings. The molecule has 0 spiro atoms. The highest BCUT2D eigenvalue weighted by atomic mass is 32.1. The minimum absolute atomic E-state index is 0.108. The number of rotatable bonds is 7. The zero-order chi connectivity index (χ0) is 25.2. The van der Waals surface area contributed by atoms with Crippen molar-refractivity contribution in [1.82, 2.24) is 40.5 Å². The van der Waals surface area contributed by atoms with Crippen LogP contribution in [0.3, 0.4) is 0 Å². The summed E-state index contributed by atoms with van der Waals surface area (Å²) in [4.78, 5) is 13.7. The van der Waals surface area contributed by atoms with Gasteiger partial charge in [0.2, 0.25) is 5.95 Å². The van der Waals surface area contributed by atoms with E-state index in [1.807, 2.05) is 54.9 Å². The summed E-state index contributed by atoms with van der Waals surface area (Å²) in [6.45, 7) is 2.73. The predicted octanol–water partition coefficient (Wildman–Crippen LogP) is 3.99. The van der Waals surface area contributed by atoms with Gasteiger partial charge in [-0.25, -0.2) is 15.0 Å². The Labute approximate surface area is 216 Å². The summed E-state index contributed by atoms with van der Waals surface area (Å²) in [6.07, 6.45) is 5.57. The van der Waals surface area contributed by atoms with Gasteiger partial charge in [-0.05, 0) is 48.5 Å². The predicted molar refractivity (Wildman–Crippen MR) is 140 cm³/mol. The van der Waals surface area contributed by atoms with Gasteiger partial charge >= 0.3 is 0 Å². The molecular weight excluding hydrogens is 490 g/mol. The Bertz CT molecular complexity index is 1520. The number of nitrogens with zero attached hydrogens (tertiary/aromatic N) is 7. The van der Waals surface area contributed by atoms with Crippen LogP contribution in [0.4, 0.5) is 11.6 Å². The Hall–Kier alpha value is -4.16. The second-order valence-electron chi connectivity index (χ2n) is 8.74. The summed E-state index contributed by atoms with van der Waals surface area (Å²) in [5, 5.41) is 22.6. The molecule has 12 heteroatoms. The summed E-state index contributed by atoms with van der Waals surface area (Å²) in [5.74, 6) is 2.58. The summed E-state index contributed by atoms with van der Waals surface area (Å²) in [7, 11) is 1.62. The molecule has 1 aliphatic heterocycles. The third-order valence-corrected chi connectivity index (χ3v) is 7.10. The van der Waals surface area contributed by atoms with E-state index in [1.54, 1.807) is 29.3 Å². The van der Waals surface area contributed by atoms with Crippen LogP contribution in [0.2, 0.25) is 0 Å². The zero-order valence-corrected chi connectivity index (χ0v) is 21.1. The van der Waals surface area contributed by atoms with Gasteiger partial charge in [0.1, 0.15) is 22.6 Å². The standard InChI is InChI=1S/C25H25N9O2S/c1-15-31-32-33-34(15)18-9-17(10-21(11-18)35-2)29-25-28-14-16-3-4-19(12-22(16)30-25)36-20-5-6-26-23(13-20)24-27-7-8-37-24/h3-4,7-12,14,20,23,26H,5-6,13H2,1-2H3,(H,28,29,30). The second-order valence-corrected chi connectivity index (χ2v) is 9.66. The molecule has 1 aliphatic rings. The molecular formula is C25H25N9O2S. The number of aromatic nitrogens is 7. The number of methoxy groups -OCH3 is 1. The number of fused-ring (bicyclic) bond motifs is 1. The number of anilines is 2. The van der Waals surface area contributed by atoms with E-state index in [-0.39, 0.29) is 12.1 Å². The van der Waals surface area contributed by atoms with Crippen LogP contribution < -0.4 is 20.1 Å². The molecule has 188 valence electrons. The SMILES string of the molecule is COc1cc(Nc2ncc3ccc(OC4CCNC(c5nccs5)C4)cc3n2)cc(-n2nnnc2C)c1. The first-order valence-electron chi connectivity index (χ1n) is 11.9. The fourth-order valence-corrected chi connectivity index (χ4v) is 5.14. The highest BCUT2D eigenvalue weighted by Gasteiger charge is 2.25. The van der Waals surface area contributed by atoms with Crippen molar-refractivity contribution < 1.29 is 9.47 Å². The molecule has 3 aromatic heterocycles. The van der Waals surface area contributed by atoms with Gasteiger partial charge in [-0.3, -0.25) is 0 Å². The van der Waals surface area contributed by atoms with Crippen LogP contribution in [0.5, 0.6) is 11.5 Å². The van der Waals surface area contributed by atoms with E-state index < -0.39 is 0 Å². The highest BCUT2D eigenvalue weighted by molar-refractivity contribution is 7.09. The van der Waals surface area contributed by atoms with E-state index >= 15 is 0 Å². The Morgan fingerprint density at radius 1 is 1.14 bits per heavy atom. The molecule has 1 saturated heterocycles. The van der Waals surface area contributed by atoms with E-state index in [2.05, 4.69) is 36.1 Å². The van der Waals surface area contributed by atoms with Crippen molar-refractivity contribution in [2.24, 2.45) is 0 Å². The number of hydrogen-bond acceptors (Lipinski definition) is 11. The number of nitrogens with one attached hydrogen (secondary N) is 2. The zero-order valence-electron chi connectivity index (χ0n) is 20.3. The third kappa shape index (κ3) is 5.06. The van der Waals surface area contributed by atoms with E-state index in [0.29, 0.717) is 17.5 Å². The smallest absolute Gasteiger partial charge is 0.227 e. The first-order valence-corrected chi connectivity index (χ1v) is 12.8. The number of thiazole rings is 1. The van der Waals surface area contributed by atoms with Crippen molar-refractivity contribution in [2.75, 3.05) is 19.0 Å². The van der Waals surface area contributed by atoms with Crippen LogP contribution in [-0.4, -0.2) is 54.9 Å². The maximum Gasteiger partial charge on any atom is 0.227 e. The topological polar surface area (TPSA) is 125 Å². The van der Waals surface area contributed by atoms with Crippen molar-refractivity contribution in [3.05, 3.63) is 65.0 Å². The lowest BCUT2D eigenvalue weighted by Gasteiger charge is -2.29. The summed E-state index contributed by atoms with van der Waals surface area (Å²) in [5.41, 5.74) is 2.30. The third-order valence-electron chi connectivity index (χ3n) is 6.22. The molecule has 0 amide bonds. The van der Waals surface area contributed by atoms with Crippen molar-refractivity contribution >= 4 is 33.9 Å². The minimum Gasteiger partial charge on any atom is -0.497 e. The molecule has 0 radical (unpaired) electrons. The van der Waals surface area contributed by atoms with Gasteiger partial charge in [-0.15, -0.1) is 16.4 Å². The number of hydrogen-bond donors (Lipinski definition) is 2. The maximum absolute atomic E-state index is 6.37. The fourth-order valence-electron chi connectivity index (χ4n) is 4.41. The molecule has 2 unspecified atom stereocenters. The lowest BCUT2D eigenvalue weighted by Crippen LogP contribution is -2.37. The Morgan fingerprint density at radius 2 is 2.08 bits per heavy atom. The average molecular weight is 516 g/mol. The van der Waals surface area contributed by atoms with Crippen LogP contribution in [0.15, 0.2) is 54.2 Å². The number of tetrazole rings is 1. The van der Waals surface area contributed by atoms with Crippen LogP contribution in [-0.2, 0) is 0 Å². The van der Waals surface area contributed by atoms with Crippen molar-refractivity contribution in [3.8, 4) is 17.2 Å². The summed E-state index contributed by atoms with van der Waals surface area (Å²) in [6, 6.07) is 11.8. The molecule has 2 atom stereocenters. The molecule has 11 nitrogen and oxygen atoms in total. The molecule has 6 rings (SSSR count). The van der Waals surface area contributed by atoms with Gasteiger partial charge in [0.25, 0.3) is 0 Å². The summed E-state index contributed by atoms with van der Waals surface area (Å²) < 4.78 is 13.5. The van der Waals surface area contributed by atoms with E-state index in [0.717, 1.165) is 52.4 Å². The number of piperidine rings is 1. The minimum atomic E-state index is 0.108. The van der Waals surface area contributed by atoms with Crippen LogP contribution in [0.25, 0.3) is 16.6 Å². The van der Waals surface area contributed by atoms with Crippen LogP contribution in [0, 0.1) is 6.92 Å². The molecule has 2 aromatic carbocycles. The normalized spacial score (nSPS) is 17.6. The molecule has 0 aliphatic carbocycles. The molecule has 0 saturated carbocycles. The number of aryl methyl sites for hydroxylation is 1.